The van der Waals surface area contributed by atoms with E-state index in [0.29, 0.717) is 12.1 Å². The smallest absolute Gasteiger partial charge is 0.408 e. The van der Waals surface area contributed by atoms with Gasteiger partial charge in [0.15, 0.2) is 0 Å². The van der Waals surface area contributed by atoms with E-state index in [1.54, 1.807) is 12.1 Å². The maximum atomic E-state index is 12.2. The van der Waals surface area contributed by atoms with Crippen LogP contribution in [0.15, 0.2) is 60.7 Å². The molecule has 0 saturated carbocycles. The van der Waals surface area contributed by atoms with Gasteiger partial charge in [0.05, 0.1) is 0 Å². The first kappa shape index (κ1) is 16.5. The summed E-state index contributed by atoms with van der Waals surface area (Å²) in [5.41, 5.74) is 1.59. The normalized spacial score (nSPS) is 11.3. The lowest BCUT2D eigenvalue weighted by Crippen LogP contribution is -2.40. The first-order valence-electron chi connectivity index (χ1n) is 7.50. The number of rotatable bonds is 6. The van der Waals surface area contributed by atoms with Crippen LogP contribution in [0.4, 0.5) is 4.79 Å². The standard InChI is InChI=1S/C18H20N2O3/c1-2-19-17(21)16(15-11-7-4-8-12-15)20-18(22)23-13-14-9-5-3-6-10-14/h3-12,16H,2,13H2,1H3,(H,19,21)(H,20,22)/t16-/m0/s1. The molecule has 120 valence electrons. The highest BCUT2D eigenvalue weighted by molar-refractivity contribution is 5.86. The molecule has 0 unspecified atom stereocenters. The Hall–Kier alpha value is -2.82. The maximum Gasteiger partial charge on any atom is 0.408 e. The molecule has 2 aromatic carbocycles. The lowest BCUT2D eigenvalue weighted by atomic mass is 10.1. The summed E-state index contributed by atoms with van der Waals surface area (Å²) < 4.78 is 5.18. The van der Waals surface area contributed by atoms with Crippen LogP contribution in [0.5, 0.6) is 0 Å². The van der Waals surface area contributed by atoms with Crippen molar-refractivity contribution in [3.8, 4) is 0 Å². The fourth-order valence-electron chi connectivity index (χ4n) is 2.10. The van der Waals surface area contributed by atoms with E-state index in [9.17, 15) is 9.59 Å². The summed E-state index contributed by atoms with van der Waals surface area (Å²) in [5, 5.41) is 5.33. The molecule has 2 N–H and O–H groups in total. The minimum absolute atomic E-state index is 0.156. The maximum absolute atomic E-state index is 12.2. The van der Waals surface area contributed by atoms with E-state index in [0.717, 1.165) is 5.56 Å². The highest BCUT2D eigenvalue weighted by atomic mass is 16.5. The summed E-state index contributed by atoms with van der Waals surface area (Å²) >= 11 is 0. The van der Waals surface area contributed by atoms with E-state index in [2.05, 4.69) is 10.6 Å². The third-order valence-corrected chi connectivity index (χ3v) is 3.22. The number of likely N-dealkylation sites (N-methyl/N-ethyl adjacent to an activating group) is 1. The third-order valence-electron chi connectivity index (χ3n) is 3.22. The monoisotopic (exact) mass is 312 g/mol. The molecule has 5 nitrogen and oxygen atoms in total. The summed E-state index contributed by atoms with van der Waals surface area (Å²) in [4.78, 5) is 24.2. The van der Waals surface area contributed by atoms with E-state index < -0.39 is 12.1 Å². The van der Waals surface area contributed by atoms with Crippen LogP contribution in [0, 0.1) is 0 Å². The second kappa shape index (κ2) is 8.58. The average molecular weight is 312 g/mol. The van der Waals surface area contributed by atoms with E-state index >= 15 is 0 Å². The topological polar surface area (TPSA) is 67.4 Å². The molecule has 0 aliphatic rings. The van der Waals surface area contributed by atoms with Gasteiger partial charge in [0.1, 0.15) is 12.6 Å². The van der Waals surface area contributed by atoms with Gasteiger partial charge in [0, 0.05) is 6.54 Å². The quantitative estimate of drug-likeness (QED) is 0.862. The molecule has 5 heteroatoms. The largest absolute Gasteiger partial charge is 0.445 e. The Labute approximate surface area is 135 Å². The summed E-state index contributed by atoms with van der Waals surface area (Å²) in [6, 6.07) is 17.7. The zero-order chi connectivity index (χ0) is 16.5. The van der Waals surface area contributed by atoms with Crippen molar-refractivity contribution in [1.82, 2.24) is 10.6 Å². The van der Waals surface area contributed by atoms with Gasteiger partial charge >= 0.3 is 6.09 Å². The van der Waals surface area contributed by atoms with Crippen LogP contribution in [0.2, 0.25) is 0 Å². The van der Waals surface area contributed by atoms with Gasteiger partial charge in [-0.1, -0.05) is 60.7 Å². The molecule has 0 fully saturated rings. The molecule has 2 amide bonds. The molecule has 0 bridgehead atoms. The zero-order valence-corrected chi connectivity index (χ0v) is 13.0. The molecule has 1 atom stereocenters. The molecule has 0 aromatic heterocycles. The Kier molecular flexibility index (Phi) is 6.17. The number of nitrogens with one attached hydrogen (secondary N) is 2. The number of alkyl carbamates (subject to hydrolysis) is 1. The first-order chi connectivity index (χ1) is 11.2. The molecule has 0 aliphatic carbocycles. The molecule has 0 aliphatic heterocycles. The van der Waals surface area contributed by atoms with Crippen LogP contribution in [0.25, 0.3) is 0 Å². The van der Waals surface area contributed by atoms with Gasteiger partial charge in [-0.2, -0.15) is 0 Å². The van der Waals surface area contributed by atoms with Gasteiger partial charge in [-0.25, -0.2) is 4.79 Å². The van der Waals surface area contributed by atoms with Crippen molar-refractivity contribution >= 4 is 12.0 Å². The van der Waals surface area contributed by atoms with Crippen molar-refractivity contribution in [3.63, 3.8) is 0 Å². The van der Waals surface area contributed by atoms with Gasteiger partial charge in [-0.05, 0) is 18.1 Å². The average Bonchev–Trinajstić information content (AvgIpc) is 2.59. The van der Waals surface area contributed by atoms with Crippen LogP contribution in [-0.4, -0.2) is 18.5 Å². The van der Waals surface area contributed by atoms with Gasteiger partial charge in [0.25, 0.3) is 0 Å². The van der Waals surface area contributed by atoms with Crippen LogP contribution >= 0.6 is 0 Å². The first-order valence-corrected chi connectivity index (χ1v) is 7.50. The second-order valence-corrected chi connectivity index (χ2v) is 4.94. The van der Waals surface area contributed by atoms with Crippen molar-refractivity contribution in [2.24, 2.45) is 0 Å². The third kappa shape index (κ3) is 5.14. The predicted molar refractivity (Wildman–Crippen MR) is 87.6 cm³/mol. The van der Waals surface area contributed by atoms with E-state index in [-0.39, 0.29) is 12.5 Å². The molecule has 23 heavy (non-hydrogen) atoms. The van der Waals surface area contributed by atoms with Gasteiger partial charge in [-0.3, -0.25) is 4.79 Å². The van der Waals surface area contributed by atoms with Gasteiger partial charge < -0.3 is 15.4 Å². The Morgan fingerprint density at radius 1 is 1.00 bits per heavy atom. The fourth-order valence-corrected chi connectivity index (χ4v) is 2.10. The summed E-state index contributed by atoms with van der Waals surface area (Å²) in [5.74, 6) is -0.268. The summed E-state index contributed by atoms with van der Waals surface area (Å²) in [6.45, 7) is 2.47. The Balaban J connectivity index is 1.99. The lowest BCUT2D eigenvalue weighted by molar-refractivity contribution is -0.123. The molecular formula is C18H20N2O3. The highest BCUT2D eigenvalue weighted by Gasteiger charge is 2.22. The number of carbonyl (C=O) groups is 2. The number of hydrogen-bond donors (Lipinski definition) is 2. The molecular weight excluding hydrogens is 292 g/mol. The van der Waals surface area contributed by atoms with Crippen molar-refractivity contribution < 1.29 is 14.3 Å². The van der Waals surface area contributed by atoms with Crippen LogP contribution in [-0.2, 0) is 16.1 Å². The minimum Gasteiger partial charge on any atom is -0.445 e. The molecule has 0 radical (unpaired) electrons. The number of ether oxygens (including phenoxy) is 1. The molecule has 0 heterocycles. The van der Waals surface area contributed by atoms with E-state index in [1.807, 2.05) is 55.5 Å². The second-order valence-electron chi connectivity index (χ2n) is 4.94. The summed E-state index contributed by atoms with van der Waals surface area (Å²) in [7, 11) is 0. The highest BCUT2D eigenvalue weighted by Crippen LogP contribution is 2.13. The van der Waals surface area contributed by atoms with Crippen LogP contribution < -0.4 is 10.6 Å². The summed E-state index contributed by atoms with van der Waals surface area (Å²) in [6.07, 6.45) is -0.631. The zero-order valence-electron chi connectivity index (χ0n) is 13.0. The SMILES string of the molecule is CCNC(=O)[C@@H](NC(=O)OCc1ccccc1)c1ccccc1. The molecule has 0 saturated heterocycles. The minimum atomic E-state index is -0.778. The van der Waals surface area contributed by atoms with Gasteiger partial charge in [0.2, 0.25) is 5.91 Å². The number of carbonyl (C=O) groups excluding carboxylic acids is 2. The number of benzene rings is 2. The Bertz CT molecular complexity index is 629. The molecule has 2 aromatic rings. The number of hydrogen-bond acceptors (Lipinski definition) is 3. The Morgan fingerprint density at radius 2 is 1.61 bits per heavy atom. The lowest BCUT2D eigenvalue weighted by Gasteiger charge is -2.18. The van der Waals surface area contributed by atoms with Crippen molar-refractivity contribution in [1.29, 1.82) is 0 Å². The predicted octanol–water partition coefficient (Wildman–Crippen LogP) is 2.79. The van der Waals surface area contributed by atoms with Gasteiger partial charge in [-0.15, -0.1) is 0 Å². The van der Waals surface area contributed by atoms with Crippen molar-refractivity contribution in [2.75, 3.05) is 6.54 Å². The van der Waals surface area contributed by atoms with Crippen molar-refractivity contribution in [3.05, 3.63) is 71.8 Å². The Morgan fingerprint density at radius 3 is 2.22 bits per heavy atom. The number of amides is 2. The van der Waals surface area contributed by atoms with E-state index in [1.165, 1.54) is 0 Å². The van der Waals surface area contributed by atoms with E-state index in [4.69, 9.17) is 4.74 Å². The van der Waals surface area contributed by atoms with Crippen LogP contribution in [0.1, 0.15) is 24.1 Å². The molecule has 2 rings (SSSR count). The molecule has 0 spiro atoms. The van der Waals surface area contributed by atoms with Crippen LogP contribution in [0.3, 0.4) is 0 Å². The fraction of sp³-hybridized carbons (Fsp3) is 0.222. The van der Waals surface area contributed by atoms with Crippen molar-refractivity contribution in [2.45, 2.75) is 19.6 Å².